The van der Waals surface area contributed by atoms with Crippen LogP contribution in [0.2, 0.25) is 0 Å². The highest BCUT2D eigenvalue weighted by Gasteiger charge is 2.28. The van der Waals surface area contributed by atoms with Gasteiger partial charge in [0.15, 0.2) is 0 Å². The fourth-order valence-electron chi connectivity index (χ4n) is 1.31. The van der Waals surface area contributed by atoms with Gasteiger partial charge in [-0.2, -0.15) is 13.2 Å². The van der Waals surface area contributed by atoms with E-state index in [-0.39, 0.29) is 6.61 Å². The summed E-state index contributed by atoms with van der Waals surface area (Å²) in [6.07, 6.45) is -1.74. The molecule has 1 aliphatic rings. The highest BCUT2D eigenvalue weighted by Crippen LogP contribution is 2.32. The second kappa shape index (κ2) is 4.98. The van der Waals surface area contributed by atoms with E-state index in [0.717, 1.165) is 5.92 Å². The predicted molar refractivity (Wildman–Crippen MR) is 47.1 cm³/mol. The number of rotatable bonds is 6. The summed E-state index contributed by atoms with van der Waals surface area (Å²) in [7, 11) is 0. The molecule has 1 aliphatic carbocycles. The number of alkyl halides is 3. The van der Waals surface area contributed by atoms with Crippen molar-refractivity contribution in [3.05, 3.63) is 0 Å². The molecule has 5 heteroatoms. The molecule has 0 heterocycles. The summed E-state index contributed by atoms with van der Waals surface area (Å²) in [6.45, 7) is 1.53. The van der Waals surface area contributed by atoms with Crippen molar-refractivity contribution >= 4 is 0 Å². The summed E-state index contributed by atoms with van der Waals surface area (Å²) in [5.74, 6) is 0.720. The van der Waals surface area contributed by atoms with Gasteiger partial charge in [0.25, 0.3) is 0 Å². The maximum absolute atomic E-state index is 11.6. The summed E-state index contributed by atoms with van der Waals surface area (Å²) < 4.78 is 39.4. The largest absolute Gasteiger partial charge is 0.411 e. The van der Waals surface area contributed by atoms with Crippen molar-refractivity contribution in [2.45, 2.75) is 32.0 Å². The van der Waals surface area contributed by atoms with Crippen LogP contribution in [-0.2, 0) is 4.74 Å². The highest BCUT2D eigenvalue weighted by atomic mass is 19.4. The minimum absolute atomic E-state index is 0.122. The van der Waals surface area contributed by atoms with Crippen LogP contribution in [0.3, 0.4) is 0 Å². The van der Waals surface area contributed by atoms with Crippen LogP contribution in [0.4, 0.5) is 13.2 Å². The zero-order chi connectivity index (χ0) is 10.6. The average molecular weight is 211 g/mol. The fraction of sp³-hybridized carbons (Fsp3) is 1.00. The van der Waals surface area contributed by atoms with Gasteiger partial charge >= 0.3 is 6.18 Å². The molecule has 0 spiro atoms. The summed E-state index contributed by atoms with van der Waals surface area (Å²) in [5, 5.41) is 3.14. The third-order valence-electron chi connectivity index (χ3n) is 2.31. The number of halogens is 3. The van der Waals surface area contributed by atoms with Crippen LogP contribution < -0.4 is 5.32 Å². The van der Waals surface area contributed by atoms with E-state index < -0.39 is 12.8 Å². The topological polar surface area (TPSA) is 21.3 Å². The van der Waals surface area contributed by atoms with Gasteiger partial charge in [-0.25, -0.2) is 0 Å². The maximum atomic E-state index is 11.6. The van der Waals surface area contributed by atoms with Crippen LogP contribution in [0.5, 0.6) is 0 Å². The molecule has 1 atom stereocenters. The van der Waals surface area contributed by atoms with Gasteiger partial charge in [0.05, 0.1) is 6.61 Å². The second-order valence-electron chi connectivity index (χ2n) is 3.75. The van der Waals surface area contributed by atoms with Crippen molar-refractivity contribution in [3.8, 4) is 0 Å². The molecule has 0 aliphatic heterocycles. The average Bonchev–Trinajstić information content (AvgIpc) is 2.83. The first-order valence-electron chi connectivity index (χ1n) is 4.87. The predicted octanol–water partition coefficient (Wildman–Crippen LogP) is 1.95. The molecule has 1 saturated carbocycles. The van der Waals surface area contributed by atoms with Crippen LogP contribution in [-0.4, -0.2) is 32.0 Å². The zero-order valence-corrected chi connectivity index (χ0v) is 8.23. The number of hydrogen-bond donors (Lipinski definition) is 1. The van der Waals surface area contributed by atoms with E-state index in [1.165, 1.54) is 12.8 Å². The van der Waals surface area contributed by atoms with Crippen molar-refractivity contribution in [1.82, 2.24) is 5.32 Å². The molecular weight excluding hydrogens is 195 g/mol. The molecular formula is C9H16F3NO. The highest BCUT2D eigenvalue weighted by molar-refractivity contribution is 4.82. The zero-order valence-electron chi connectivity index (χ0n) is 8.23. The van der Waals surface area contributed by atoms with E-state index in [0.29, 0.717) is 12.6 Å². The standard InChI is InChI=1S/C9H16F3NO/c1-7(8-2-3-8)13-4-5-14-6-9(10,11)12/h7-8,13H,2-6H2,1H3. The first kappa shape index (κ1) is 11.8. The van der Waals surface area contributed by atoms with Crippen molar-refractivity contribution < 1.29 is 17.9 Å². The molecule has 0 aromatic carbocycles. The summed E-state index contributed by atoms with van der Waals surface area (Å²) in [6, 6.07) is 0.407. The van der Waals surface area contributed by atoms with E-state index in [1.54, 1.807) is 0 Å². The Balaban J connectivity index is 1.88. The molecule has 1 unspecified atom stereocenters. The van der Waals surface area contributed by atoms with Gasteiger partial charge in [0.2, 0.25) is 0 Å². The molecule has 0 amide bonds. The van der Waals surface area contributed by atoms with Gasteiger partial charge in [-0.3, -0.25) is 0 Å². The van der Waals surface area contributed by atoms with Crippen LogP contribution in [0.25, 0.3) is 0 Å². The van der Waals surface area contributed by atoms with Crippen LogP contribution in [0, 0.1) is 5.92 Å². The van der Waals surface area contributed by atoms with Gasteiger partial charge in [-0.1, -0.05) is 0 Å². The summed E-state index contributed by atoms with van der Waals surface area (Å²) in [5.41, 5.74) is 0. The third-order valence-corrected chi connectivity index (χ3v) is 2.31. The molecule has 2 nitrogen and oxygen atoms in total. The van der Waals surface area contributed by atoms with Gasteiger partial charge in [-0.15, -0.1) is 0 Å². The van der Waals surface area contributed by atoms with E-state index in [4.69, 9.17) is 0 Å². The molecule has 0 radical (unpaired) electrons. The first-order valence-corrected chi connectivity index (χ1v) is 4.87. The third kappa shape index (κ3) is 5.44. The van der Waals surface area contributed by atoms with E-state index in [2.05, 4.69) is 17.0 Å². The van der Waals surface area contributed by atoms with Crippen molar-refractivity contribution in [3.63, 3.8) is 0 Å². The number of ether oxygens (including phenoxy) is 1. The van der Waals surface area contributed by atoms with E-state index in [1.807, 2.05) is 0 Å². The van der Waals surface area contributed by atoms with Gasteiger partial charge in [-0.05, 0) is 25.7 Å². The Morgan fingerprint density at radius 1 is 1.43 bits per heavy atom. The van der Waals surface area contributed by atoms with Crippen LogP contribution in [0.15, 0.2) is 0 Å². The molecule has 14 heavy (non-hydrogen) atoms. The second-order valence-corrected chi connectivity index (χ2v) is 3.75. The van der Waals surface area contributed by atoms with E-state index >= 15 is 0 Å². The van der Waals surface area contributed by atoms with Gasteiger partial charge in [0, 0.05) is 12.6 Å². The molecule has 0 aromatic heterocycles. The summed E-state index contributed by atoms with van der Waals surface area (Å²) >= 11 is 0. The lowest BCUT2D eigenvalue weighted by Gasteiger charge is -2.13. The number of hydrogen-bond acceptors (Lipinski definition) is 2. The lowest BCUT2D eigenvalue weighted by Crippen LogP contribution is -2.32. The van der Waals surface area contributed by atoms with Gasteiger partial charge in [0.1, 0.15) is 6.61 Å². The maximum Gasteiger partial charge on any atom is 0.411 e. The Hall–Kier alpha value is -0.290. The lowest BCUT2D eigenvalue weighted by atomic mass is 10.2. The van der Waals surface area contributed by atoms with Crippen molar-refractivity contribution in [2.24, 2.45) is 5.92 Å². The lowest BCUT2D eigenvalue weighted by molar-refractivity contribution is -0.173. The Morgan fingerprint density at radius 2 is 2.07 bits per heavy atom. The van der Waals surface area contributed by atoms with Crippen molar-refractivity contribution in [1.29, 1.82) is 0 Å². The fourth-order valence-corrected chi connectivity index (χ4v) is 1.31. The molecule has 1 fully saturated rings. The van der Waals surface area contributed by atoms with Gasteiger partial charge < -0.3 is 10.1 Å². The Morgan fingerprint density at radius 3 is 2.57 bits per heavy atom. The molecule has 0 bridgehead atoms. The minimum Gasteiger partial charge on any atom is -0.371 e. The Kier molecular flexibility index (Phi) is 4.19. The van der Waals surface area contributed by atoms with Crippen LogP contribution >= 0.6 is 0 Å². The SMILES string of the molecule is CC(NCCOCC(F)(F)F)C1CC1. The normalized spacial score (nSPS) is 19.7. The number of nitrogens with one attached hydrogen (secondary N) is 1. The first-order chi connectivity index (χ1) is 6.49. The smallest absolute Gasteiger partial charge is 0.371 e. The minimum atomic E-state index is -4.21. The Labute approximate surface area is 81.8 Å². The quantitative estimate of drug-likeness (QED) is 0.678. The molecule has 0 aromatic rings. The summed E-state index contributed by atoms with van der Waals surface area (Å²) in [4.78, 5) is 0. The van der Waals surface area contributed by atoms with E-state index in [9.17, 15) is 13.2 Å². The molecule has 0 saturated heterocycles. The van der Waals surface area contributed by atoms with Crippen molar-refractivity contribution in [2.75, 3.05) is 19.8 Å². The van der Waals surface area contributed by atoms with Crippen LogP contribution in [0.1, 0.15) is 19.8 Å². The molecule has 1 rings (SSSR count). The molecule has 1 N–H and O–H groups in total. The Bertz CT molecular complexity index is 168. The monoisotopic (exact) mass is 211 g/mol. The molecule has 84 valence electrons.